The van der Waals surface area contributed by atoms with Gasteiger partial charge in [0.05, 0.1) is 12.2 Å². The number of H-pyrrole nitrogens is 1. The lowest BCUT2D eigenvalue weighted by atomic mass is 9.41. The second-order valence-electron chi connectivity index (χ2n) is 11.6. The Bertz CT molecular complexity index is 742. The maximum absolute atomic E-state index is 11.7. The number of fused-ring (bicyclic) bond motifs is 5. The normalized spacial score (nSPS) is 50.6. The van der Waals surface area contributed by atoms with Gasteiger partial charge in [0, 0.05) is 6.42 Å². The molecule has 0 aromatic carbocycles. The van der Waals surface area contributed by atoms with Gasteiger partial charge >= 0.3 is 0 Å². The van der Waals surface area contributed by atoms with Crippen LogP contribution in [0, 0.1) is 46.3 Å². The molecular formula is C24H40N4O2. The van der Waals surface area contributed by atoms with Crippen LogP contribution in [0.3, 0.4) is 0 Å². The number of aromatic amines is 1. The van der Waals surface area contributed by atoms with Crippen molar-refractivity contribution in [2.24, 2.45) is 46.3 Å². The van der Waals surface area contributed by atoms with Gasteiger partial charge in [0.1, 0.15) is 0 Å². The predicted octanol–water partition coefficient (Wildman–Crippen LogP) is 3.76. The van der Waals surface area contributed by atoms with Gasteiger partial charge in [-0.25, -0.2) is 0 Å². The molecule has 5 rings (SSSR count). The van der Waals surface area contributed by atoms with E-state index in [1.54, 1.807) is 0 Å². The summed E-state index contributed by atoms with van der Waals surface area (Å²) in [6, 6.07) is 0. The Morgan fingerprint density at radius 1 is 1.00 bits per heavy atom. The molecule has 1 aromatic rings. The van der Waals surface area contributed by atoms with Crippen molar-refractivity contribution in [2.75, 3.05) is 0 Å². The molecule has 0 radical (unpaired) electrons. The molecule has 1 heterocycles. The van der Waals surface area contributed by atoms with Crippen molar-refractivity contribution in [2.45, 2.75) is 97.2 Å². The lowest BCUT2D eigenvalue weighted by Gasteiger charge is -2.64. The molecule has 6 heteroatoms. The van der Waals surface area contributed by atoms with E-state index in [0.717, 1.165) is 44.3 Å². The number of aliphatic hydroxyl groups is 2. The van der Waals surface area contributed by atoms with Crippen LogP contribution in [-0.4, -0.2) is 43.0 Å². The summed E-state index contributed by atoms with van der Waals surface area (Å²) in [6.45, 7) is 7.29. The zero-order chi connectivity index (χ0) is 21.1. The lowest BCUT2D eigenvalue weighted by Crippen LogP contribution is -2.62. The van der Waals surface area contributed by atoms with E-state index in [4.69, 9.17) is 0 Å². The third-order valence-electron chi connectivity index (χ3n) is 10.7. The third kappa shape index (κ3) is 3.00. The molecule has 0 saturated heterocycles. The number of hydrogen-bond acceptors (Lipinski definition) is 5. The summed E-state index contributed by atoms with van der Waals surface area (Å²) < 4.78 is 0. The Morgan fingerprint density at radius 2 is 1.77 bits per heavy atom. The van der Waals surface area contributed by atoms with Crippen molar-refractivity contribution in [1.82, 2.24) is 20.6 Å². The predicted molar refractivity (Wildman–Crippen MR) is 114 cm³/mol. The van der Waals surface area contributed by atoms with Crippen LogP contribution < -0.4 is 0 Å². The minimum Gasteiger partial charge on any atom is -0.393 e. The summed E-state index contributed by atoms with van der Waals surface area (Å²) in [5, 5.41) is 36.7. The van der Waals surface area contributed by atoms with Gasteiger partial charge in [0.25, 0.3) is 0 Å². The van der Waals surface area contributed by atoms with Crippen LogP contribution in [0.25, 0.3) is 0 Å². The average molecular weight is 417 g/mol. The quantitative estimate of drug-likeness (QED) is 0.695. The zero-order valence-corrected chi connectivity index (χ0v) is 18.9. The fourth-order valence-corrected chi connectivity index (χ4v) is 9.13. The summed E-state index contributed by atoms with van der Waals surface area (Å²) in [6.07, 6.45) is 10.7. The van der Waals surface area contributed by atoms with Crippen LogP contribution in [0.4, 0.5) is 0 Å². The summed E-state index contributed by atoms with van der Waals surface area (Å²) in [5.74, 6) is 4.00. The van der Waals surface area contributed by atoms with Crippen LogP contribution in [-0.2, 0) is 6.42 Å². The first-order valence-corrected chi connectivity index (χ1v) is 12.5. The molecule has 0 bridgehead atoms. The first kappa shape index (κ1) is 20.9. The van der Waals surface area contributed by atoms with Crippen molar-refractivity contribution < 1.29 is 10.2 Å². The van der Waals surface area contributed by atoms with Gasteiger partial charge in [-0.15, -0.1) is 10.2 Å². The number of aromatic nitrogens is 4. The molecule has 3 N–H and O–H groups in total. The van der Waals surface area contributed by atoms with Crippen molar-refractivity contribution in [3.63, 3.8) is 0 Å². The molecule has 1 aromatic heterocycles. The smallest absolute Gasteiger partial charge is 0.174 e. The molecule has 0 amide bonds. The topological polar surface area (TPSA) is 94.9 Å². The minimum absolute atomic E-state index is 0.171. The van der Waals surface area contributed by atoms with E-state index in [1.165, 1.54) is 25.7 Å². The first-order chi connectivity index (χ1) is 14.4. The molecule has 30 heavy (non-hydrogen) atoms. The van der Waals surface area contributed by atoms with Gasteiger partial charge < -0.3 is 10.2 Å². The van der Waals surface area contributed by atoms with Gasteiger partial charge in [-0.3, -0.25) is 0 Å². The number of tetrazole rings is 1. The second-order valence-corrected chi connectivity index (χ2v) is 11.6. The van der Waals surface area contributed by atoms with Gasteiger partial charge in [-0.1, -0.05) is 32.4 Å². The number of rotatable bonds is 4. The van der Waals surface area contributed by atoms with Crippen LogP contribution in [0.1, 0.15) is 84.4 Å². The Morgan fingerprint density at radius 3 is 2.50 bits per heavy atom. The van der Waals surface area contributed by atoms with Crippen LogP contribution in [0.2, 0.25) is 0 Å². The highest BCUT2D eigenvalue weighted by Gasteiger charge is 2.64. The van der Waals surface area contributed by atoms with E-state index in [1.807, 2.05) is 0 Å². The maximum atomic E-state index is 11.7. The molecule has 0 spiro atoms. The monoisotopic (exact) mass is 416 g/mol. The fraction of sp³-hybridized carbons (Fsp3) is 0.958. The van der Waals surface area contributed by atoms with E-state index >= 15 is 0 Å². The Labute approximate surface area is 180 Å². The molecule has 168 valence electrons. The molecule has 0 unspecified atom stereocenters. The van der Waals surface area contributed by atoms with E-state index in [2.05, 4.69) is 41.4 Å². The van der Waals surface area contributed by atoms with Crippen molar-refractivity contribution in [3.05, 3.63) is 5.82 Å². The van der Waals surface area contributed by atoms with Crippen LogP contribution >= 0.6 is 0 Å². The molecule has 6 nitrogen and oxygen atoms in total. The lowest BCUT2D eigenvalue weighted by molar-refractivity contribution is -0.202. The SMILES string of the molecule is CC[C@H]1[C@@H](O)[C@@H]2[C@H](CC[C@]3(C)[C@@H](CCc4nn[nH]n4)CC[C@@H]23)[C@@]2(C)CC[C@@H](O)C[C@@H]12. The van der Waals surface area contributed by atoms with Crippen molar-refractivity contribution >= 4 is 0 Å². The zero-order valence-electron chi connectivity index (χ0n) is 18.9. The highest BCUT2D eigenvalue weighted by Crippen LogP contribution is 2.69. The molecule has 0 aliphatic heterocycles. The Hall–Kier alpha value is -1.01. The first-order valence-electron chi connectivity index (χ1n) is 12.5. The van der Waals surface area contributed by atoms with E-state index in [-0.39, 0.29) is 17.6 Å². The molecule has 4 fully saturated rings. The van der Waals surface area contributed by atoms with Crippen LogP contribution in [0.15, 0.2) is 0 Å². The Balaban J connectivity index is 1.41. The van der Waals surface area contributed by atoms with Crippen molar-refractivity contribution in [3.8, 4) is 0 Å². The second kappa shape index (κ2) is 7.54. The third-order valence-corrected chi connectivity index (χ3v) is 10.7. The summed E-state index contributed by atoms with van der Waals surface area (Å²) in [4.78, 5) is 0. The highest BCUT2D eigenvalue weighted by molar-refractivity contribution is 5.13. The highest BCUT2D eigenvalue weighted by atomic mass is 16.3. The van der Waals surface area contributed by atoms with Gasteiger partial charge in [-0.05, 0) is 97.7 Å². The summed E-state index contributed by atoms with van der Waals surface area (Å²) >= 11 is 0. The molecule has 4 aliphatic rings. The van der Waals surface area contributed by atoms with E-state index in [9.17, 15) is 10.2 Å². The molecule has 4 saturated carbocycles. The number of nitrogens with one attached hydrogen (secondary N) is 1. The average Bonchev–Trinajstić information content (AvgIpc) is 3.35. The minimum atomic E-state index is -0.205. The van der Waals surface area contributed by atoms with E-state index in [0.29, 0.717) is 40.9 Å². The fourth-order valence-electron chi connectivity index (χ4n) is 9.13. The number of hydrogen-bond donors (Lipinski definition) is 3. The van der Waals surface area contributed by atoms with Gasteiger partial charge in [0.15, 0.2) is 5.82 Å². The molecular weight excluding hydrogens is 376 g/mol. The maximum Gasteiger partial charge on any atom is 0.174 e. The van der Waals surface area contributed by atoms with Gasteiger partial charge in [-0.2, -0.15) is 5.21 Å². The van der Waals surface area contributed by atoms with E-state index < -0.39 is 0 Å². The number of aryl methyl sites for hydroxylation is 1. The van der Waals surface area contributed by atoms with Crippen LogP contribution in [0.5, 0.6) is 0 Å². The van der Waals surface area contributed by atoms with Crippen molar-refractivity contribution in [1.29, 1.82) is 0 Å². The summed E-state index contributed by atoms with van der Waals surface area (Å²) in [5.41, 5.74) is 0.607. The van der Waals surface area contributed by atoms with Gasteiger partial charge in [0.2, 0.25) is 0 Å². The largest absolute Gasteiger partial charge is 0.393 e. The molecule has 10 atom stereocenters. The number of aliphatic hydroxyl groups excluding tert-OH is 2. The Kier molecular flexibility index (Phi) is 5.25. The standard InChI is InChI=1S/C24H40N4O2/c1-4-16-19-13-15(29)9-11-24(19,3)18-10-12-23(2)14(6-8-20-25-27-28-26-20)5-7-17(23)21(18)22(16)30/h14-19,21-22,29-30H,4-13H2,1-3H3,(H,25,26,27,28)/t14-,15-,16-,17+,18+,19+,21+,22-,23-,24-/m1/s1. The molecule has 4 aliphatic carbocycles. The number of nitrogens with zero attached hydrogens (tertiary/aromatic N) is 3. The summed E-state index contributed by atoms with van der Waals surface area (Å²) in [7, 11) is 0.